The summed E-state index contributed by atoms with van der Waals surface area (Å²) in [5.41, 5.74) is 1.33. The maximum absolute atomic E-state index is 14.0. The number of ether oxygens (including phenoxy) is 1. The van der Waals surface area contributed by atoms with Gasteiger partial charge in [0.25, 0.3) is 5.91 Å². The number of carbonyl (C=O) groups excluding carboxylic acids is 1. The van der Waals surface area contributed by atoms with Crippen molar-refractivity contribution in [2.75, 3.05) is 12.0 Å². The van der Waals surface area contributed by atoms with Crippen molar-refractivity contribution in [2.24, 2.45) is 0 Å². The molecule has 1 amide bonds. The van der Waals surface area contributed by atoms with Gasteiger partial charge in [0.2, 0.25) is 0 Å². The number of hydrogen-bond donors (Lipinski definition) is 1. The van der Waals surface area contributed by atoms with Crippen LogP contribution in [-0.4, -0.2) is 30.1 Å². The van der Waals surface area contributed by atoms with Gasteiger partial charge in [-0.2, -0.15) is 0 Å². The Hall–Kier alpha value is -2.89. The molecule has 130 valence electrons. The molecule has 0 fully saturated rings. The molecule has 2 unspecified atom stereocenters. The van der Waals surface area contributed by atoms with Crippen molar-refractivity contribution < 1.29 is 23.8 Å². The second-order valence-corrected chi connectivity index (χ2v) is 6.06. The number of benzene rings is 2. The van der Waals surface area contributed by atoms with E-state index in [1.54, 1.807) is 31.2 Å². The summed E-state index contributed by atoms with van der Waals surface area (Å²) in [5, 5.41) is 9.47. The predicted octanol–water partition coefficient (Wildman–Crippen LogP) is 3.44. The third kappa shape index (κ3) is 2.95. The highest BCUT2D eigenvalue weighted by molar-refractivity contribution is 6.08. The lowest BCUT2D eigenvalue weighted by Gasteiger charge is -2.38. The number of carboxylic acid groups (broad SMARTS) is 1. The topological polar surface area (TPSA) is 66.8 Å². The van der Waals surface area contributed by atoms with Gasteiger partial charge in [-0.25, -0.2) is 4.39 Å². The molecule has 0 radical (unpaired) electrons. The van der Waals surface area contributed by atoms with Gasteiger partial charge >= 0.3 is 5.97 Å². The Morgan fingerprint density at radius 2 is 1.96 bits per heavy atom. The Morgan fingerprint density at radius 1 is 1.24 bits per heavy atom. The van der Waals surface area contributed by atoms with Crippen LogP contribution >= 0.6 is 0 Å². The molecule has 5 nitrogen and oxygen atoms in total. The van der Waals surface area contributed by atoms with E-state index in [0.717, 1.165) is 6.07 Å². The van der Waals surface area contributed by atoms with Crippen molar-refractivity contribution in [3.63, 3.8) is 0 Å². The summed E-state index contributed by atoms with van der Waals surface area (Å²) < 4.78 is 18.8. The van der Waals surface area contributed by atoms with Gasteiger partial charge in [-0.1, -0.05) is 18.2 Å². The summed E-state index contributed by atoms with van der Waals surface area (Å²) in [6.45, 7) is 1.80. The lowest BCUT2D eigenvalue weighted by molar-refractivity contribution is -0.139. The average Bonchev–Trinajstić information content (AvgIpc) is 2.60. The van der Waals surface area contributed by atoms with Crippen LogP contribution in [0.25, 0.3) is 0 Å². The summed E-state index contributed by atoms with van der Waals surface area (Å²) in [4.78, 5) is 26.1. The van der Waals surface area contributed by atoms with Crippen molar-refractivity contribution in [3.8, 4) is 5.75 Å². The Labute approximate surface area is 144 Å². The average molecular weight is 343 g/mol. The van der Waals surface area contributed by atoms with E-state index in [2.05, 4.69) is 0 Å². The minimum absolute atomic E-state index is 0.0644. The molecule has 2 atom stereocenters. The number of rotatable bonds is 3. The van der Waals surface area contributed by atoms with Crippen LogP contribution in [0.1, 0.15) is 35.2 Å². The van der Waals surface area contributed by atoms with Crippen molar-refractivity contribution in [1.82, 2.24) is 0 Å². The quantitative estimate of drug-likeness (QED) is 0.927. The molecule has 0 saturated carbocycles. The third-order valence-corrected chi connectivity index (χ3v) is 4.50. The van der Waals surface area contributed by atoms with E-state index in [1.165, 1.54) is 24.1 Å². The first-order chi connectivity index (χ1) is 11.9. The molecular weight excluding hydrogens is 325 g/mol. The predicted molar refractivity (Wildman–Crippen MR) is 90.7 cm³/mol. The summed E-state index contributed by atoms with van der Waals surface area (Å²) in [6, 6.07) is 10.7. The number of carboxylic acids is 1. The third-order valence-electron chi connectivity index (χ3n) is 4.50. The van der Waals surface area contributed by atoms with E-state index in [9.17, 15) is 19.1 Å². The molecule has 0 aromatic heterocycles. The maximum Gasteiger partial charge on any atom is 0.311 e. The number of nitrogens with zero attached hydrogens (tertiary/aromatic N) is 1. The van der Waals surface area contributed by atoms with Gasteiger partial charge in [0.1, 0.15) is 0 Å². The molecule has 0 aliphatic carbocycles. The van der Waals surface area contributed by atoms with Crippen molar-refractivity contribution in [2.45, 2.75) is 25.3 Å². The molecule has 1 aliphatic heterocycles. The van der Waals surface area contributed by atoms with Gasteiger partial charge in [0.05, 0.1) is 13.0 Å². The Kier molecular flexibility index (Phi) is 4.44. The van der Waals surface area contributed by atoms with Crippen LogP contribution in [0.3, 0.4) is 0 Å². The molecule has 3 rings (SSSR count). The molecule has 25 heavy (non-hydrogen) atoms. The smallest absolute Gasteiger partial charge is 0.311 e. The van der Waals surface area contributed by atoms with E-state index >= 15 is 0 Å². The highest BCUT2D eigenvalue weighted by Gasteiger charge is 2.37. The standard InChI is InChI=1S/C19H18FNO4/c1-11-9-14(19(23)24)13-5-3-4-6-16(13)21(11)18(22)12-7-8-17(25-2)15(20)10-12/h3-8,10-11,14H,9H2,1-2H3,(H,23,24). The maximum atomic E-state index is 14.0. The molecule has 0 spiro atoms. The number of carbonyl (C=O) groups is 2. The van der Waals surface area contributed by atoms with Gasteiger partial charge < -0.3 is 14.7 Å². The zero-order valence-corrected chi connectivity index (χ0v) is 13.9. The van der Waals surface area contributed by atoms with Crippen LogP contribution in [0.5, 0.6) is 5.75 Å². The molecular formula is C19H18FNO4. The van der Waals surface area contributed by atoms with Crippen molar-refractivity contribution in [1.29, 1.82) is 0 Å². The van der Waals surface area contributed by atoms with Crippen LogP contribution in [0, 0.1) is 5.82 Å². The first-order valence-electron chi connectivity index (χ1n) is 7.93. The lowest BCUT2D eigenvalue weighted by Crippen LogP contribution is -2.44. The van der Waals surface area contributed by atoms with E-state index in [-0.39, 0.29) is 23.3 Å². The highest BCUT2D eigenvalue weighted by Crippen LogP contribution is 2.39. The normalized spacial score (nSPS) is 19.2. The second kappa shape index (κ2) is 6.55. The van der Waals surface area contributed by atoms with Gasteiger partial charge in [0.15, 0.2) is 11.6 Å². The summed E-state index contributed by atoms with van der Waals surface area (Å²) in [6.07, 6.45) is 0.302. The summed E-state index contributed by atoms with van der Waals surface area (Å²) in [5.74, 6) is -2.50. The fourth-order valence-electron chi connectivity index (χ4n) is 3.29. The van der Waals surface area contributed by atoms with Gasteiger partial charge in [-0.15, -0.1) is 0 Å². The fraction of sp³-hybridized carbons (Fsp3) is 0.263. The number of aliphatic carboxylic acids is 1. The largest absolute Gasteiger partial charge is 0.494 e. The van der Waals surface area contributed by atoms with Crippen molar-refractivity contribution in [3.05, 3.63) is 59.4 Å². The summed E-state index contributed by atoms with van der Waals surface area (Å²) in [7, 11) is 1.36. The Morgan fingerprint density at radius 3 is 2.60 bits per heavy atom. The monoisotopic (exact) mass is 343 g/mol. The Bertz CT molecular complexity index is 836. The van der Waals surface area contributed by atoms with E-state index in [0.29, 0.717) is 17.7 Å². The highest BCUT2D eigenvalue weighted by atomic mass is 19.1. The van der Waals surface area contributed by atoms with Gasteiger partial charge in [-0.05, 0) is 43.2 Å². The number of methoxy groups -OCH3 is 1. The molecule has 6 heteroatoms. The minimum atomic E-state index is -0.915. The number of anilines is 1. The van der Waals surface area contributed by atoms with Crippen LogP contribution in [-0.2, 0) is 4.79 Å². The SMILES string of the molecule is COc1ccc(C(=O)N2c3ccccc3C(C(=O)O)CC2C)cc1F. The molecule has 2 aromatic carbocycles. The second-order valence-electron chi connectivity index (χ2n) is 6.06. The zero-order valence-electron chi connectivity index (χ0n) is 13.9. The number of halogens is 1. The minimum Gasteiger partial charge on any atom is -0.494 e. The Balaban J connectivity index is 2.04. The van der Waals surface area contributed by atoms with E-state index in [1.807, 2.05) is 0 Å². The van der Waals surface area contributed by atoms with Crippen molar-refractivity contribution >= 4 is 17.6 Å². The lowest BCUT2D eigenvalue weighted by atomic mass is 9.85. The van der Waals surface area contributed by atoms with Crippen LogP contribution in [0.4, 0.5) is 10.1 Å². The number of para-hydroxylation sites is 1. The van der Waals surface area contributed by atoms with Crippen LogP contribution < -0.4 is 9.64 Å². The molecule has 0 saturated heterocycles. The first-order valence-corrected chi connectivity index (χ1v) is 7.93. The molecule has 0 bridgehead atoms. The zero-order chi connectivity index (χ0) is 18.1. The van der Waals surface area contributed by atoms with Gasteiger partial charge in [0, 0.05) is 17.3 Å². The molecule has 1 N–H and O–H groups in total. The molecule has 2 aromatic rings. The van der Waals surface area contributed by atoms with Crippen LogP contribution in [0.15, 0.2) is 42.5 Å². The molecule has 1 heterocycles. The summed E-state index contributed by atoms with van der Waals surface area (Å²) >= 11 is 0. The van der Waals surface area contributed by atoms with Gasteiger partial charge in [-0.3, -0.25) is 9.59 Å². The van der Waals surface area contributed by atoms with E-state index < -0.39 is 17.7 Å². The number of fused-ring (bicyclic) bond motifs is 1. The fourth-order valence-corrected chi connectivity index (χ4v) is 3.29. The number of amides is 1. The molecule has 1 aliphatic rings. The number of hydrogen-bond acceptors (Lipinski definition) is 3. The first kappa shape index (κ1) is 17.0. The van der Waals surface area contributed by atoms with E-state index in [4.69, 9.17) is 4.74 Å². The van der Waals surface area contributed by atoms with Crippen LogP contribution in [0.2, 0.25) is 0 Å².